The Bertz CT molecular complexity index is 579. The van der Waals surface area contributed by atoms with Crippen molar-refractivity contribution in [2.24, 2.45) is 18.7 Å². The lowest BCUT2D eigenvalue weighted by Gasteiger charge is -2.30. The number of aryl methyl sites for hydroxylation is 2. The average molecular weight is 342 g/mol. The molecule has 0 bridgehead atoms. The molecular weight excluding hydrogens is 318 g/mol. The summed E-state index contributed by atoms with van der Waals surface area (Å²) in [6.45, 7) is 5.01. The number of amides is 2. The Morgan fingerprint density at radius 3 is 2.57 bits per heavy atom. The summed E-state index contributed by atoms with van der Waals surface area (Å²) in [6, 6.07) is 0. The summed E-state index contributed by atoms with van der Waals surface area (Å²) >= 11 is 6.08. The summed E-state index contributed by atoms with van der Waals surface area (Å²) in [7, 11) is 1.71. The fraction of sp³-hybridized carbons (Fsp3) is 0.667. The fourth-order valence-electron chi connectivity index (χ4n) is 2.92. The average Bonchev–Trinajstić information content (AvgIpc) is 2.77. The van der Waals surface area contributed by atoms with Crippen LogP contribution in [0.25, 0.3) is 0 Å². The lowest BCUT2D eigenvalue weighted by molar-refractivity contribution is -0.123. The third-order valence-electron chi connectivity index (χ3n) is 4.31. The van der Waals surface area contributed by atoms with Crippen LogP contribution in [0, 0.1) is 12.8 Å². The van der Waals surface area contributed by atoms with E-state index >= 15 is 0 Å². The van der Waals surface area contributed by atoms with Gasteiger partial charge in [0.25, 0.3) is 5.91 Å². The highest BCUT2D eigenvalue weighted by molar-refractivity contribution is 6.33. The Morgan fingerprint density at radius 2 is 2.04 bits per heavy atom. The molecule has 1 saturated heterocycles. The van der Waals surface area contributed by atoms with Gasteiger partial charge < -0.3 is 16.0 Å². The summed E-state index contributed by atoms with van der Waals surface area (Å²) in [4.78, 5) is 25.6. The summed E-state index contributed by atoms with van der Waals surface area (Å²) in [5.41, 5.74) is 6.40. The van der Waals surface area contributed by atoms with E-state index in [-0.39, 0.29) is 17.7 Å². The second-order valence-corrected chi connectivity index (χ2v) is 6.36. The number of likely N-dealkylation sites (tertiary alicyclic amines) is 1. The number of hydrogen-bond donors (Lipinski definition) is 2. The van der Waals surface area contributed by atoms with Gasteiger partial charge in [-0.15, -0.1) is 0 Å². The van der Waals surface area contributed by atoms with Crippen molar-refractivity contribution >= 4 is 23.4 Å². The van der Waals surface area contributed by atoms with Gasteiger partial charge in [0.2, 0.25) is 5.91 Å². The molecule has 2 rings (SSSR count). The minimum atomic E-state index is -0.194. The minimum absolute atomic E-state index is 0.0154. The minimum Gasteiger partial charge on any atom is -0.369 e. The van der Waals surface area contributed by atoms with E-state index in [9.17, 15) is 9.59 Å². The summed E-state index contributed by atoms with van der Waals surface area (Å²) in [5, 5.41) is 7.37. The second-order valence-electron chi connectivity index (χ2n) is 6.00. The molecule has 1 aliphatic heterocycles. The molecular formula is C15H24ClN5O2. The molecule has 2 heterocycles. The third-order valence-corrected chi connectivity index (χ3v) is 4.74. The summed E-state index contributed by atoms with van der Waals surface area (Å²) < 4.78 is 1.49. The van der Waals surface area contributed by atoms with Crippen LogP contribution in [0.2, 0.25) is 5.15 Å². The molecule has 8 heteroatoms. The van der Waals surface area contributed by atoms with E-state index < -0.39 is 0 Å². The van der Waals surface area contributed by atoms with Gasteiger partial charge in [-0.05, 0) is 45.8 Å². The first-order valence-electron chi connectivity index (χ1n) is 7.89. The molecule has 1 aliphatic rings. The predicted octanol–water partition coefficient (Wildman–Crippen LogP) is 0.699. The van der Waals surface area contributed by atoms with Gasteiger partial charge >= 0.3 is 0 Å². The molecule has 3 N–H and O–H groups in total. The standard InChI is InChI=1S/C15H24ClN5O2/c1-10-12(13(16)20(2)19-10)15(23)18-6-3-7-21-8-4-11(5-9-21)14(17)22/h11H,3-9H2,1-2H3,(H2,17,22)(H,18,23). The Balaban J connectivity index is 1.70. The molecule has 2 amide bonds. The van der Waals surface area contributed by atoms with E-state index in [1.807, 2.05) is 0 Å². The molecule has 0 saturated carbocycles. The van der Waals surface area contributed by atoms with E-state index in [1.165, 1.54) is 4.68 Å². The molecule has 0 radical (unpaired) electrons. The largest absolute Gasteiger partial charge is 0.369 e. The number of nitrogens with two attached hydrogens (primary N) is 1. The monoisotopic (exact) mass is 341 g/mol. The Kier molecular flexibility index (Phi) is 6.01. The van der Waals surface area contributed by atoms with Gasteiger partial charge in [-0.1, -0.05) is 11.6 Å². The molecule has 1 aromatic heterocycles. The van der Waals surface area contributed by atoms with Gasteiger partial charge in [0.1, 0.15) is 5.15 Å². The smallest absolute Gasteiger partial charge is 0.256 e. The normalized spacial score (nSPS) is 16.5. The van der Waals surface area contributed by atoms with E-state index in [1.54, 1.807) is 14.0 Å². The zero-order valence-electron chi connectivity index (χ0n) is 13.6. The van der Waals surface area contributed by atoms with Crippen molar-refractivity contribution in [1.29, 1.82) is 0 Å². The first-order chi connectivity index (χ1) is 10.9. The third kappa shape index (κ3) is 4.45. The van der Waals surface area contributed by atoms with Crippen molar-refractivity contribution < 1.29 is 9.59 Å². The van der Waals surface area contributed by atoms with Crippen molar-refractivity contribution in [3.63, 3.8) is 0 Å². The van der Waals surface area contributed by atoms with Crippen LogP contribution in [0.5, 0.6) is 0 Å². The first kappa shape index (κ1) is 17.7. The van der Waals surface area contributed by atoms with E-state index in [0.29, 0.717) is 23.0 Å². The van der Waals surface area contributed by atoms with Gasteiger partial charge in [0.05, 0.1) is 11.3 Å². The summed E-state index contributed by atoms with van der Waals surface area (Å²) in [6.07, 6.45) is 2.50. The quantitative estimate of drug-likeness (QED) is 0.745. The van der Waals surface area contributed by atoms with Crippen molar-refractivity contribution in [1.82, 2.24) is 20.0 Å². The Morgan fingerprint density at radius 1 is 1.39 bits per heavy atom. The molecule has 0 unspecified atom stereocenters. The van der Waals surface area contributed by atoms with Crippen molar-refractivity contribution in [3.8, 4) is 0 Å². The van der Waals surface area contributed by atoms with Gasteiger partial charge in [0, 0.05) is 19.5 Å². The molecule has 0 spiro atoms. The maximum atomic E-state index is 12.2. The number of nitrogens with one attached hydrogen (secondary N) is 1. The van der Waals surface area contributed by atoms with Crippen LogP contribution in [0.4, 0.5) is 0 Å². The fourth-order valence-corrected chi connectivity index (χ4v) is 3.18. The zero-order chi connectivity index (χ0) is 17.0. The number of carbonyl (C=O) groups excluding carboxylic acids is 2. The number of rotatable bonds is 6. The maximum absolute atomic E-state index is 12.2. The highest BCUT2D eigenvalue weighted by atomic mass is 35.5. The van der Waals surface area contributed by atoms with Crippen molar-refractivity contribution in [2.45, 2.75) is 26.2 Å². The van der Waals surface area contributed by atoms with E-state index in [0.717, 1.165) is 38.9 Å². The van der Waals surface area contributed by atoms with E-state index in [2.05, 4.69) is 15.3 Å². The van der Waals surface area contributed by atoms with Crippen molar-refractivity contribution in [2.75, 3.05) is 26.2 Å². The molecule has 1 fully saturated rings. The molecule has 0 aromatic carbocycles. The Labute approximate surface area is 141 Å². The molecule has 1 aromatic rings. The number of carbonyl (C=O) groups is 2. The van der Waals surface area contributed by atoms with E-state index in [4.69, 9.17) is 17.3 Å². The molecule has 128 valence electrons. The predicted molar refractivity (Wildman–Crippen MR) is 88.3 cm³/mol. The molecule has 23 heavy (non-hydrogen) atoms. The van der Waals surface area contributed by atoms with Crippen LogP contribution >= 0.6 is 11.6 Å². The Hall–Kier alpha value is -1.60. The lowest BCUT2D eigenvalue weighted by Crippen LogP contribution is -2.39. The number of hydrogen-bond acceptors (Lipinski definition) is 4. The maximum Gasteiger partial charge on any atom is 0.256 e. The van der Waals surface area contributed by atoms with Crippen LogP contribution in [0.1, 0.15) is 35.3 Å². The SMILES string of the molecule is Cc1nn(C)c(Cl)c1C(=O)NCCCN1CCC(C(N)=O)CC1. The highest BCUT2D eigenvalue weighted by Gasteiger charge is 2.23. The van der Waals surface area contributed by atoms with Crippen molar-refractivity contribution in [3.05, 3.63) is 16.4 Å². The molecule has 7 nitrogen and oxygen atoms in total. The van der Waals surface area contributed by atoms with Gasteiger partial charge in [-0.25, -0.2) is 0 Å². The number of primary amides is 1. The van der Waals surface area contributed by atoms with Crippen LogP contribution < -0.4 is 11.1 Å². The second kappa shape index (κ2) is 7.79. The highest BCUT2D eigenvalue weighted by Crippen LogP contribution is 2.18. The number of piperidine rings is 1. The van der Waals surface area contributed by atoms with Crippen LogP contribution in [-0.4, -0.2) is 52.7 Å². The number of aromatic nitrogens is 2. The zero-order valence-corrected chi connectivity index (χ0v) is 14.4. The molecule has 0 aliphatic carbocycles. The summed E-state index contributed by atoms with van der Waals surface area (Å²) in [5.74, 6) is -0.365. The van der Waals surface area contributed by atoms with Crippen LogP contribution in [0.15, 0.2) is 0 Å². The van der Waals surface area contributed by atoms with Gasteiger partial charge in [-0.2, -0.15) is 5.10 Å². The van der Waals surface area contributed by atoms with Gasteiger partial charge in [0.15, 0.2) is 0 Å². The lowest BCUT2D eigenvalue weighted by atomic mass is 9.96. The van der Waals surface area contributed by atoms with Gasteiger partial charge in [-0.3, -0.25) is 14.3 Å². The number of nitrogens with zero attached hydrogens (tertiary/aromatic N) is 3. The van der Waals surface area contributed by atoms with Crippen LogP contribution in [-0.2, 0) is 11.8 Å². The van der Waals surface area contributed by atoms with Crippen LogP contribution in [0.3, 0.4) is 0 Å². The topological polar surface area (TPSA) is 93.2 Å². The molecule has 0 atom stereocenters. The number of halogens is 1. The first-order valence-corrected chi connectivity index (χ1v) is 8.27.